The summed E-state index contributed by atoms with van der Waals surface area (Å²) in [6.45, 7) is 10.7. The van der Waals surface area contributed by atoms with Crippen molar-refractivity contribution in [2.24, 2.45) is 28.6 Å². The number of fused-ring (bicyclic) bond motifs is 1. The molecule has 4 nitrogen and oxygen atoms in total. The van der Waals surface area contributed by atoms with Gasteiger partial charge in [-0.05, 0) is 85.7 Å². The summed E-state index contributed by atoms with van der Waals surface area (Å²) < 4.78 is 0. The first kappa shape index (κ1) is 25.6. The van der Waals surface area contributed by atoms with Gasteiger partial charge >= 0.3 is 0 Å². The Hall–Kier alpha value is -1.49. The third-order valence-electron chi connectivity index (χ3n) is 9.77. The van der Waals surface area contributed by atoms with Gasteiger partial charge in [0.15, 0.2) is 0 Å². The molecular weight excluding hydrogens is 424 g/mol. The Kier molecular flexibility index (Phi) is 7.43. The average Bonchev–Trinajstić information content (AvgIpc) is 3.54. The lowest BCUT2D eigenvalue weighted by Crippen LogP contribution is -2.35. The molecule has 0 aromatic rings. The van der Waals surface area contributed by atoms with Gasteiger partial charge < -0.3 is 15.3 Å². The van der Waals surface area contributed by atoms with Gasteiger partial charge in [0.05, 0.1) is 23.7 Å². The smallest absolute Gasteiger partial charge is 0.141 e. The molecule has 4 aliphatic rings. The first-order valence-electron chi connectivity index (χ1n) is 13.5. The average molecular weight is 469 g/mol. The van der Waals surface area contributed by atoms with Crippen LogP contribution in [0, 0.1) is 28.6 Å². The summed E-state index contributed by atoms with van der Waals surface area (Å²) in [6.07, 6.45) is 15.6. The lowest BCUT2D eigenvalue weighted by molar-refractivity contribution is -0.126. The van der Waals surface area contributed by atoms with Crippen LogP contribution in [-0.2, 0) is 4.79 Å². The van der Waals surface area contributed by atoms with Crippen molar-refractivity contribution in [2.45, 2.75) is 103 Å². The van der Waals surface area contributed by atoms with Gasteiger partial charge in [0.2, 0.25) is 0 Å². The molecule has 34 heavy (non-hydrogen) atoms. The number of aliphatic hydroxyl groups excluding tert-OH is 3. The van der Waals surface area contributed by atoms with Crippen molar-refractivity contribution in [1.82, 2.24) is 0 Å². The van der Waals surface area contributed by atoms with Crippen molar-refractivity contribution in [3.8, 4) is 0 Å². The molecule has 0 saturated heterocycles. The number of aliphatic hydroxyl groups is 3. The predicted octanol–water partition coefficient (Wildman–Crippen LogP) is 5.44. The van der Waals surface area contributed by atoms with Crippen LogP contribution in [0.25, 0.3) is 0 Å². The van der Waals surface area contributed by atoms with Gasteiger partial charge in [0, 0.05) is 12.8 Å². The largest absolute Gasteiger partial charge is 0.393 e. The highest BCUT2D eigenvalue weighted by Crippen LogP contribution is 2.59. The molecule has 0 aromatic carbocycles. The monoisotopic (exact) mass is 468 g/mol. The molecule has 4 heteroatoms. The third kappa shape index (κ3) is 4.66. The van der Waals surface area contributed by atoms with Crippen LogP contribution in [-0.4, -0.2) is 39.4 Å². The first-order chi connectivity index (χ1) is 16.1. The van der Waals surface area contributed by atoms with E-state index in [0.717, 1.165) is 30.4 Å². The Morgan fingerprint density at radius 3 is 2.59 bits per heavy atom. The standard InChI is InChI=1S/C30H44O4/c1-5-27(33)30(15-16-30)28(34)13-8-19(2)24-11-12-25-21(7-6-14-29(24,25)4)9-10-22-17-23(31)18-26(32)20(22)3/h8-10,13,19,23-26,28,31-32,34H,3,5-7,11-12,14-18H2,1-2,4H3/b13-8+,21-9+,22-10-/t19-,23-,24-,25+,26+,28+,29-/m1/s1. The quantitative estimate of drug-likeness (QED) is 0.435. The molecule has 0 aliphatic heterocycles. The van der Waals surface area contributed by atoms with Crippen LogP contribution in [0.5, 0.6) is 0 Å². The second kappa shape index (κ2) is 9.87. The van der Waals surface area contributed by atoms with Gasteiger partial charge in [-0.15, -0.1) is 0 Å². The van der Waals surface area contributed by atoms with Crippen molar-refractivity contribution < 1.29 is 20.1 Å². The Morgan fingerprint density at radius 1 is 1.18 bits per heavy atom. The minimum absolute atomic E-state index is 0.196. The lowest BCUT2D eigenvalue weighted by atomic mass is 9.61. The summed E-state index contributed by atoms with van der Waals surface area (Å²) in [4.78, 5) is 12.3. The SMILES string of the molecule is C=C1/C(=C\C=C2/CCC[C@]3(C)[C@@H]([C@H](C)/C=C/[C@H](O)C4(C(=O)CC)CC4)CC[C@@H]23)C[C@@H](O)C[C@@H]1O. The highest BCUT2D eigenvalue weighted by atomic mass is 16.3. The molecule has 4 rings (SSSR count). The Labute approximate surface area is 205 Å². The van der Waals surface area contributed by atoms with E-state index in [1.165, 1.54) is 31.3 Å². The third-order valence-corrected chi connectivity index (χ3v) is 9.77. The van der Waals surface area contributed by atoms with Gasteiger partial charge in [-0.3, -0.25) is 4.79 Å². The number of hydrogen-bond acceptors (Lipinski definition) is 4. The summed E-state index contributed by atoms with van der Waals surface area (Å²) in [5, 5.41) is 31.0. The number of hydrogen-bond donors (Lipinski definition) is 3. The minimum Gasteiger partial charge on any atom is -0.393 e. The van der Waals surface area contributed by atoms with Gasteiger partial charge in [0.1, 0.15) is 5.78 Å². The van der Waals surface area contributed by atoms with Crippen LogP contribution in [0.15, 0.2) is 47.6 Å². The first-order valence-corrected chi connectivity index (χ1v) is 13.5. The zero-order valence-corrected chi connectivity index (χ0v) is 21.3. The molecule has 188 valence electrons. The highest BCUT2D eigenvalue weighted by Gasteiger charge is 2.53. The fourth-order valence-corrected chi connectivity index (χ4v) is 7.43. The van der Waals surface area contributed by atoms with E-state index in [2.05, 4.69) is 38.7 Å². The highest BCUT2D eigenvalue weighted by molar-refractivity contribution is 5.88. The van der Waals surface area contributed by atoms with Gasteiger partial charge in [-0.1, -0.05) is 57.2 Å². The van der Waals surface area contributed by atoms with Crippen LogP contribution in [0.1, 0.15) is 85.0 Å². The molecule has 4 aliphatic carbocycles. The van der Waals surface area contributed by atoms with E-state index in [0.29, 0.717) is 37.0 Å². The molecule has 0 spiro atoms. The van der Waals surface area contributed by atoms with Crippen LogP contribution in [0.3, 0.4) is 0 Å². The molecule has 4 saturated carbocycles. The van der Waals surface area contributed by atoms with Crippen molar-refractivity contribution >= 4 is 5.78 Å². The van der Waals surface area contributed by atoms with Gasteiger partial charge in [-0.25, -0.2) is 0 Å². The Morgan fingerprint density at radius 2 is 1.91 bits per heavy atom. The van der Waals surface area contributed by atoms with Crippen LogP contribution in [0.2, 0.25) is 0 Å². The summed E-state index contributed by atoms with van der Waals surface area (Å²) in [7, 11) is 0. The second-order valence-corrected chi connectivity index (χ2v) is 11.8. The van der Waals surface area contributed by atoms with E-state index in [4.69, 9.17) is 0 Å². The fourth-order valence-electron chi connectivity index (χ4n) is 7.43. The zero-order valence-electron chi connectivity index (χ0n) is 21.3. The van der Waals surface area contributed by atoms with E-state index in [1.807, 2.05) is 13.0 Å². The molecule has 0 heterocycles. The van der Waals surface area contributed by atoms with E-state index in [1.54, 1.807) is 0 Å². The zero-order chi connectivity index (χ0) is 24.7. The molecular formula is C30H44O4. The van der Waals surface area contributed by atoms with Crippen molar-refractivity contribution in [2.75, 3.05) is 0 Å². The number of ketones is 1. The maximum atomic E-state index is 12.3. The molecule has 3 N–H and O–H groups in total. The molecule has 0 amide bonds. The number of carbonyl (C=O) groups excluding carboxylic acids is 1. The topological polar surface area (TPSA) is 77.8 Å². The maximum Gasteiger partial charge on any atom is 0.141 e. The van der Waals surface area contributed by atoms with Gasteiger partial charge in [-0.2, -0.15) is 0 Å². The molecule has 0 bridgehead atoms. The Balaban J connectivity index is 1.47. The number of allylic oxidation sites excluding steroid dienone is 4. The lowest BCUT2D eigenvalue weighted by Gasteiger charge is -2.44. The molecule has 7 atom stereocenters. The minimum atomic E-state index is -0.657. The van der Waals surface area contributed by atoms with Crippen LogP contribution < -0.4 is 0 Å². The number of rotatable bonds is 7. The Bertz CT molecular complexity index is 891. The molecule has 0 aromatic heterocycles. The summed E-state index contributed by atoms with van der Waals surface area (Å²) in [5.41, 5.74) is 2.94. The molecule has 0 unspecified atom stereocenters. The summed E-state index contributed by atoms with van der Waals surface area (Å²) in [5.74, 6) is 1.66. The normalized spacial score (nSPS) is 39.4. The molecule has 0 radical (unpaired) electrons. The fraction of sp³-hybridized carbons (Fsp3) is 0.700. The van der Waals surface area contributed by atoms with Crippen molar-refractivity contribution in [3.05, 3.63) is 47.6 Å². The van der Waals surface area contributed by atoms with E-state index in [-0.39, 0.29) is 11.2 Å². The van der Waals surface area contributed by atoms with Crippen molar-refractivity contribution in [3.63, 3.8) is 0 Å². The van der Waals surface area contributed by atoms with Gasteiger partial charge in [0.25, 0.3) is 0 Å². The summed E-state index contributed by atoms with van der Waals surface area (Å²) >= 11 is 0. The summed E-state index contributed by atoms with van der Waals surface area (Å²) in [6, 6.07) is 0. The molecule has 4 fully saturated rings. The second-order valence-electron chi connectivity index (χ2n) is 11.8. The number of carbonyl (C=O) groups is 1. The number of Topliss-reactive ketones (excluding diaryl/α,β-unsaturated/α-hetero) is 1. The van der Waals surface area contributed by atoms with Crippen molar-refractivity contribution in [1.29, 1.82) is 0 Å². The van der Waals surface area contributed by atoms with Crippen LogP contribution in [0.4, 0.5) is 0 Å². The van der Waals surface area contributed by atoms with E-state index >= 15 is 0 Å². The van der Waals surface area contributed by atoms with E-state index < -0.39 is 23.7 Å². The van der Waals surface area contributed by atoms with Crippen LogP contribution >= 0.6 is 0 Å². The maximum absolute atomic E-state index is 12.3. The predicted molar refractivity (Wildman–Crippen MR) is 136 cm³/mol. The van der Waals surface area contributed by atoms with E-state index in [9.17, 15) is 20.1 Å².